The molecule has 0 atom stereocenters. The topological polar surface area (TPSA) is 671 Å². The number of rotatable bonds is 10. The van der Waals surface area contributed by atoms with Gasteiger partial charge in [-0.1, -0.05) is 95.4 Å². The lowest BCUT2D eigenvalue weighted by Crippen LogP contribution is -2.15. The Kier molecular flexibility index (Phi) is 29.0. The molecule has 22 aromatic heterocycles. The number of hydrogen-bond donors (Lipinski definition) is 8. The highest BCUT2D eigenvalue weighted by atomic mass is 16.6. The molecular formula is C86H77N47O5. The van der Waals surface area contributed by atoms with E-state index in [2.05, 4.69) is 232 Å². The molecule has 0 fully saturated rings. The van der Waals surface area contributed by atoms with Crippen molar-refractivity contribution in [2.24, 2.45) is 28.2 Å². The first kappa shape index (κ1) is 91.0. The molecule has 25 rings (SSSR count). The van der Waals surface area contributed by atoms with Crippen molar-refractivity contribution < 1.29 is 14.3 Å². The lowest BCUT2D eigenvalue weighted by atomic mass is 10.1. The Morgan fingerprint density at radius 1 is 0.406 bits per heavy atom. The number of carbonyl (C=O) groups excluding carboxylic acids is 1. The second-order valence-corrected chi connectivity index (χ2v) is 28.3. The summed E-state index contributed by atoms with van der Waals surface area (Å²) in [7, 11) is 8.82. The average molecular weight is 1850 g/mol. The number of anilines is 2. The Balaban J connectivity index is 0.000000112. The number of aromatic amines is 6. The number of benzene rings is 3. The minimum atomic E-state index is -0.645. The molecule has 0 radical (unpaired) electrons. The van der Waals surface area contributed by atoms with Gasteiger partial charge in [0.25, 0.3) is 11.1 Å². The number of methoxy groups -OCH3 is 1. The fraction of sp³-hybridized carbons (Fsp3) is 0.116. The number of carbonyl (C=O) groups is 1. The zero-order chi connectivity index (χ0) is 95.5. The van der Waals surface area contributed by atoms with E-state index in [9.17, 15) is 14.4 Å². The van der Waals surface area contributed by atoms with Gasteiger partial charge in [0.05, 0.1) is 115 Å². The molecule has 0 saturated heterocycles. The van der Waals surface area contributed by atoms with E-state index < -0.39 is 6.09 Å². The standard InChI is InChI=1S/C15H10N6.C13H12N4.C12H10N4.C11H9N7O2.C7H8N4O.C6H7N5.C6H6N4O.C6H6N4.C5H5N5.C5H4N4O/c1-2-6-11(7-3-1)21-15-14(19-20-21)13(17-10-18-15)12-8-4-5-9-16-12;1-2-4-10(5-3-1)6-7-11-12-13(16-8-14-11)17-9-15-12;1-2-4-9(5-3-1)6-10-11-12(15-7-13-10)16-8-14-11;1-2-20-11(19)18-10-8(16-17-18)7(14-6-15-10)9-12-4-3-5-13-9;1-11-6-5(3-10-11)7(12-2)9-4-8-6;1-11-6-4(2-10-11)5(7)8-3-9-6;1-10-5-4(2-9-10)6(11)8-3-7-5;1-10-6-5(3-9-10)2-7-4-8-6;6-4-3-1-9-10-5(3)8-2-7-4;10-5-3-1-8-9-4(3)6-2-7-5/h1-10H;1-5,8-9H,6-7H2,(H,14,15,16,17);1-5,7-8H,6H2,(H,13,14,15,16);3-6H,2H2,1H3;3-4H,1-2H3;2-3H,1H3,(H2,7,8,9);2-3H,1H3,(H,7,8,11);2-4H,1H3;1-2H,(H3,6,7,8,9,10);1-2H,(H2,6,7,8,9,10). The molecule has 0 bridgehead atoms. The number of hydrogen-bond acceptors (Lipinski definition) is 40. The van der Waals surface area contributed by atoms with Crippen molar-refractivity contribution in [2.45, 2.75) is 26.2 Å². The average Bonchev–Trinajstić information content (AvgIpc) is 1.63. The van der Waals surface area contributed by atoms with Crippen LogP contribution in [0.25, 0.3) is 139 Å². The van der Waals surface area contributed by atoms with Gasteiger partial charge in [-0.25, -0.2) is 114 Å². The molecule has 3 aromatic carbocycles. The summed E-state index contributed by atoms with van der Waals surface area (Å²) in [5, 5.41) is 49.0. The van der Waals surface area contributed by atoms with Crippen molar-refractivity contribution in [3.8, 4) is 34.5 Å². The number of H-pyrrole nitrogens is 6. The summed E-state index contributed by atoms with van der Waals surface area (Å²) >= 11 is 0. The maximum absolute atomic E-state index is 11.7. The van der Waals surface area contributed by atoms with Crippen LogP contribution in [-0.2, 0) is 52.2 Å². The van der Waals surface area contributed by atoms with Gasteiger partial charge in [0.15, 0.2) is 73.3 Å². The number of nitrogens with two attached hydrogens (primary N) is 2. The first-order chi connectivity index (χ1) is 67.6. The summed E-state index contributed by atoms with van der Waals surface area (Å²) in [6, 6.07) is 37.8. The van der Waals surface area contributed by atoms with Crippen LogP contribution in [0.5, 0.6) is 5.88 Å². The Bertz CT molecular complexity index is 8400. The minimum absolute atomic E-state index is 0.150. The number of fused-ring (bicyclic) bond motifs is 10. The highest BCUT2D eigenvalue weighted by Gasteiger charge is 2.21. The molecule has 0 saturated carbocycles. The number of nitrogens with one attached hydrogen (secondary N) is 6. The molecule has 0 aliphatic carbocycles. The van der Waals surface area contributed by atoms with Crippen LogP contribution in [0.1, 0.15) is 29.4 Å². The van der Waals surface area contributed by atoms with E-state index in [1.54, 1.807) is 125 Å². The van der Waals surface area contributed by atoms with Gasteiger partial charge in [-0.3, -0.25) is 43.5 Å². The number of ether oxygens (including phenoxy) is 2. The van der Waals surface area contributed by atoms with Gasteiger partial charge < -0.3 is 40.9 Å². The van der Waals surface area contributed by atoms with Crippen molar-refractivity contribution >= 4 is 129 Å². The first-order valence-corrected chi connectivity index (χ1v) is 41.3. The fourth-order valence-electron chi connectivity index (χ4n) is 13.0. The normalized spacial score (nSPS) is 10.7. The number of nitrogen functional groups attached to an aromatic ring is 2. The number of pyridine rings is 1. The van der Waals surface area contributed by atoms with Gasteiger partial charge in [0.1, 0.15) is 101 Å². The van der Waals surface area contributed by atoms with E-state index in [4.69, 9.17) is 20.9 Å². The van der Waals surface area contributed by atoms with Crippen LogP contribution in [0.4, 0.5) is 16.4 Å². The highest BCUT2D eigenvalue weighted by molar-refractivity contribution is 5.90. The predicted octanol–water partition coefficient (Wildman–Crippen LogP) is 6.96. The molecule has 10 N–H and O–H groups in total. The van der Waals surface area contributed by atoms with E-state index in [1.165, 1.54) is 74.1 Å². The summed E-state index contributed by atoms with van der Waals surface area (Å²) in [4.78, 5) is 138. The number of aryl methyl sites for hydroxylation is 6. The molecule has 0 amide bonds. The van der Waals surface area contributed by atoms with E-state index in [0.29, 0.717) is 79.1 Å². The lowest BCUT2D eigenvalue weighted by molar-refractivity contribution is 0.151. The third kappa shape index (κ3) is 21.7. The minimum Gasteiger partial charge on any atom is -0.480 e. The maximum Gasteiger partial charge on any atom is 0.438 e. The largest absolute Gasteiger partial charge is 0.480 e. The highest BCUT2D eigenvalue weighted by Crippen LogP contribution is 2.26. The molecule has 0 spiro atoms. The maximum atomic E-state index is 11.7. The quantitative estimate of drug-likeness (QED) is 0.0686. The smallest absolute Gasteiger partial charge is 0.438 e. The van der Waals surface area contributed by atoms with E-state index in [-0.39, 0.29) is 23.4 Å². The summed E-state index contributed by atoms with van der Waals surface area (Å²) in [6.45, 7) is 1.94. The molecule has 0 aliphatic heterocycles. The van der Waals surface area contributed by atoms with Crippen molar-refractivity contribution in [3.63, 3.8) is 0 Å². The Morgan fingerprint density at radius 2 is 0.928 bits per heavy atom. The van der Waals surface area contributed by atoms with Gasteiger partial charge in [0, 0.05) is 59.4 Å². The summed E-state index contributed by atoms with van der Waals surface area (Å²) in [5.74, 6) is 1.88. The second-order valence-electron chi connectivity index (χ2n) is 28.3. The van der Waals surface area contributed by atoms with Crippen LogP contribution in [0.3, 0.4) is 0 Å². The third-order valence-corrected chi connectivity index (χ3v) is 19.6. The monoisotopic (exact) mass is 1850 g/mol. The van der Waals surface area contributed by atoms with Crippen LogP contribution in [0.2, 0.25) is 0 Å². The Labute approximate surface area is 773 Å². The Hall–Kier alpha value is -20.3. The second kappa shape index (κ2) is 43.9. The molecule has 22 heterocycles. The zero-order valence-corrected chi connectivity index (χ0v) is 73.6. The molecule has 0 unspecified atom stereocenters. The van der Waals surface area contributed by atoms with E-state index in [1.807, 2.05) is 93.9 Å². The van der Waals surface area contributed by atoms with Crippen molar-refractivity contribution in [3.05, 3.63) is 296 Å². The van der Waals surface area contributed by atoms with Crippen LogP contribution in [0.15, 0.2) is 263 Å². The molecule has 52 heteroatoms. The fourth-order valence-corrected chi connectivity index (χ4v) is 13.0. The first-order valence-electron chi connectivity index (χ1n) is 41.3. The molecular weight excluding hydrogens is 1770 g/mol. The molecule has 0 aliphatic rings. The predicted molar refractivity (Wildman–Crippen MR) is 500 cm³/mol. The summed E-state index contributed by atoms with van der Waals surface area (Å²) in [5.41, 5.74) is 27.5. The third-order valence-electron chi connectivity index (χ3n) is 19.6. The van der Waals surface area contributed by atoms with Crippen LogP contribution < -0.4 is 27.3 Å². The van der Waals surface area contributed by atoms with Gasteiger partial charge >= 0.3 is 6.09 Å². The zero-order valence-electron chi connectivity index (χ0n) is 73.6. The van der Waals surface area contributed by atoms with Gasteiger partial charge in [-0.05, 0) is 61.2 Å². The molecule has 25 aromatic rings. The van der Waals surface area contributed by atoms with Crippen LogP contribution >= 0.6 is 0 Å². The number of imidazole rings is 2. The van der Waals surface area contributed by atoms with Gasteiger partial charge in [0.2, 0.25) is 5.88 Å². The van der Waals surface area contributed by atoms with Crippen molar-refractivity contribution in [1.82, 2.24) is 224 Å². The molecule has 686 valence electrons. The van der Waals surface area contributed by atoms with E-state index in [0.717, 1.165) is 108 Å². The number of para-hydroxylation sites is 1. The van der Waals surface area contributed by atoms with Gasteiger partial charge in [-0.15, -0.1) is 14.9 Å². The SMILES string of the molecule is CCOC(=O)n1nnc2c(-c3ncccn3)ncnc21.COc1ncnc2c1cnn2C.Cn1ncc2c(=O)[nH]cnc21.Cn1ncc2c(N)ncnc21.Cn1ncc2cncnc21.Nc1ncnc2[nH]ncc12.O=c1[nH]cnc2[nH]ncc12.c1ccc(-n2nnc3c(-c4ccccn4)ncnc32)cc1.c1ccc(CCc2ncnc3nc[nH]c23)cc1.c1ccc(Cc2ncnc3nc[nH]c23)cc1. The van der Waals surface area contributed by atoms with E-state index >= 15 is 0 Å². The molecule has 138 heavy (non-hydrogen) atoms. The summed E-state index contributed by atoms with van der Waals surface area (Å²) < 4.78 is 19.2. The van der Waals surface area contributed by atoms with Crippen LogP contribution in [0, 0.1) is 0 Å². The van der Waals surface area contributed by atoms with Crippen LogP contribution in [-0.4, -0.2) is 244 Å². The Morgan fingerprint density at radius 3 is 1.59 bits per heavy atom. The lowest BCUT2D eigenvalue weighted by Gasteiger charge is -2.02. The summed E-state index contributed by atoms with van der Waals surface area (Å²) in [6.07, 6.45) is 36.1. The van der Waals surface area contributed by atoms with Crippen molar-refractivity contribution in [1.29, 1.82) is 0 Å². The van der Waals surface area contributed by atoms with Gasteiger partial charge in [-0.2, -0.15) is 35.3 Å². The number of nitrogens with zero attached hydrogens (tertiary/aromatic N) is 39. The molecule has 52 nitrogen and oxygen atoms in total. The number of aromatic nitrogens is 45. The van der Waals surface area contributed by atoms with Crippen molar-refractivity contribution in [2.75, 3.05) is 25.2 Å².